The van der Waals surface area contributed by atoms with Gasteiger partial charge in [-0.3, -0.25) is 9.59 Å². The van der Waals surface area contributed by atoms with Crippen molar-refractivity contribution in [2.45, 2.75) is 6.92 Å². The highest BCUT2D eigenvalue weighted by Crippen LogP contribution is 2.23. The molecule has 0 unspecified atom stereocenters. The molecular weight excluding hydrogens is 259 g/mol. The van der Waals surface area contributed by atoms with Crippen LogP contribution in [0.5, 0.6) is 0 Å². The summed E-state index contributed by atoms with van der Waals surface area (Å²) in [6.45, 7) is 0.839. The van der Waals surface area contributed by atoms with Crippen molar-refractivity contribution >= 4 is 11.8 Å². The van der Waals surface area contributed by atoms with Crippen molar-refractivity contribution in [3.63, 3.8) is 0 Å². The first-order valence-electron chi connectivity index (χ1n) is 6.09. The van der Waals surface area contributed by atoms with E-state index in [1.165, 1.54) is 13.0 Å². The van der Waals surface area contributed by atoms with E-state index in [1.54, 1.807) is 18.2 Å². The highest BCUT2D eigenvalue weighted by atomic mass is 19.1. The molecule has 2 rings (SSSR count). The van der Waals surface area contributed by atoms with Crippen LogP contribution in [0.15, 0.2) is 48.5 Å². The van der Waals surface area contributed by atoms with Crippen LogP contribution in [0.25, 0.3) is 11.1 Å². The van der Waals surface area contributed by atoms with E-state index in [2.05, 4.69) is 4.74 Å². The van der Waals surface area contributed by atoms with Crippen molar-refractivity contribution in [3.8, 4) is 11.1 Å². The van der Waals surface area contributed by atoms with E-state index in [-0.39, 0.29) is 12.2 Å². The molecule has 0 spiro atoms. The van der Waals surface area contributed by atoms with Crippen LogP contribution in [0.3, 0.4) is 0 Å². The second-order valence-corrected chi connectivity index (χ2v) is 4.26. The molecule has 0 aliphatic rings. The van der Waals surface area contributed by atoms with Crippen LogP contribution in [0.1, 0.15) is 17.3 Å². The first-order valence-corrected chi connectivity index (χ1v) is 6.09. The Morgan fingerprint density at radius 1 is 1.10 bits per heavy atom. The third-order valence-electron chi connectivity index (χ3n) is 2.78. The molecule has 3 nitrogen and oxygen atoms in total. The zero-order chi connectivity index (χ0) is 14.5. The third kappa shape index (κ3) is 3.29. The van der Waals surface area contributed by atoms with Crippen molar-refractivity contribution in [2.24, 2.45) is 0 Å². The molecule has 20 heavy (non-hydrogen) atoms. The molecular formula is C16H13FO3. The van der Waals surface area contributed by atoms with Crippen molar-refractivity contribution < 1.29 is 18.7 Å². The number of rotatable bonds is 4. The summed E-state index contributed by atoms with van der Waals surface area (Å²) in [5.74, 6) is -1.46. The lowest BCUT2D eigenvalue weighted by molar-refractivity contribution is -0.139. The van der Waals surface area contributed by atoms with Crippen LogP contribution >= 0.6 is 0 Å². The van der Waals surface area contributed by atoms with Gasteiger partial charge in [-0.1, -0.05) is 42.5 Å². The summed E-state index contributed by atoms with van der Waals surface area (Å²) in [6.07, 6.45) is 0. The fourth-order valence-corrected chi connectivity index (χ4v) is 1.79. The molecule has 2 aromatic carbocycles. The molecule has 0 heterocycles. The van der Waals surface area contributed by atoms with Gasteiger partial charge >= 0.3 is 5.97 Å². The van der Waals surface area contributed by atoms with Crippen LogP contribution in [-0.2, 0) is 9.53 Å². The quantitative estimate of drug-likeness (QED) is 0.634. The SMILES string of the molecule is CC(=O)OCC(=O)c1ccc(-c2ccccc2)c(F)c1. The molecule has 4 heteroatoms. The zero-order valence-corrected chi connectivity index (χ0v) is 10.9. The van der Waals surface area contributed by atoms with E-state index in [0.717, 1.165) is 11.6 Å². The van der Waals surface area contributed by atoms with Gasteiger partial charge in [-0.15, -0.1) is 0 Å². The van der Waals surface area contributed by atoms with Gasteiger partial charge in [0.25, 0.3) is 0 Å². The summed E-state index contributed by atoms with van der Waals surface area (Å²) < 4.78 is 18.6. The number of hydrogen-bond acceptors (Lipinski definition) is 3. The number of esters is 1. The Balaban J connectivity index is 2.22. The Kier molecular flexibility index (Phi) is 4.25. The third-order valence-corrected chi connectivity index (χ3v) is 2.78. The van der Waals surface area contributed by atoms with Gasteiger partial charge in [-0.05, 0) is 11.6 Å². The normalized spacial score (nSPS) is 10.1. The maximum atomic E-state index is 14.0. The van der Waals surface area contributed by atoms with E-state index in [4.69, 9.17) is 0 Å². The van der Waals surface area contributed by atoms with E-state index in [0.29, 0.717) is 5.56 Å². The lowest BCUT2D eigenvalue weighted by atomic mass is 10.0. The number of halogens is 1. The molecule has 102 valence electrons. The van der Waals surface area contributed by atoms with E-state index in [1.807, 2.05) is 18.2 Å². The summed E-state index contributed by atoms with van der Waals surface area (Å²) in [5, 5.41) is 0. The molecule has 0 aliphatic heterocycles. The zero-order valence-electron chi connectivity index (χ0n) is 10.9. The Hall–Kier alpha value is -2.49. The van der Waals surface area contributed by atoms with Crippen molar-refractivity contribution in [1.82, 2.24) is 0 Å². The van der Waals surface area contributed by atoms with Gasteiger partial charge in [-0.25, -0.2) is 4.39 Å². The number of benzene rings is 2. The molecule has 0 aliphatic carbocycles. The van der Waals surface area contributed by atoms with E-state index < -0.39 is 17.6 Å². The molecule has 0 saturated heterocycles. The standard InChI is InChI=1S/C16H13FO3/c1-11(18)20-10-16(19)13-7-8-14(15(17)9-13)12-5-3-2-4-6-12/h2-9H,10H2,1H3. The number of Topliss-reactive ketones (excluding diaryl/α,β-unsaturated/α-hetero) is 1. The molecule has 0 atom stereocenters. The molecule has 0 bridgehead atoms. The van der Waals surface area contributed by atoms with Gasteiger partial charge in [0, 0.05) is 18.1 Å². The fraction of sp³-hybridized carbons (Fsp3) is 0.125. The van der Waals surface area contributed by atoms with Gasteiger partial charge in [0.05, 0.1) is 0 Å². The number of hydrogen-bond donors (Lipinski definition) is 0. The number of carbonyl (C=O) groups is 2. The average molecular weight is 272 g/mol. The topological polar surface area (TPSA) is 43.4 Å². The van der Waals surface area contributed by atoms with Gasteiger partial charge in [0.1, 0.15) is 5.82 Å². The number of carbonyl (C=O) groups excluding carboxylic acids is 2. The lowest BCUT2D eigenvalue weighted by Crippen LogP contribution is -2.12. The summed E-state index contributed by atoms with van der Waals surface area (Å²) in [7, 11) is 0. The summed E-state index contributed by atoms with van der Waals surface area (Å²) in [4.78, 5) is 22.3. The molecule has 2 aromatic rings. The van der Waals surface area contributed by atoms with Crippen LogP contribution in [0.2, 0.25) is 0 Å². The molecule has 0 amide bonds. The van der Waals surface area contributed by atoms with Crippen LogP contribution < -0.4 is 0 Å². The first kappa shape index (κ1) is 13.9. The second kappa shape index (κ2) is 6.10. The van der Waals surface area contributed by atoms with E-state index in [9.17, 15) is 14.0 Å². The number of ether oxygens (including phenoxy) is 1. The smallest absolute Gasteiger partial charge is 0.303 e. The average Bonchev–Trinajstić information content (AvgIpc) is 2.45. The maximum Gasteiger partial charge on any atom is 0.303 e. The minimum Gasteiger partial charge on any atom is -0.457 e. The van der Waals surface area contributed by atoms with Crippen molar-refractivity contribution in [3.05, 3.63) is 59.9 Å². The Morgan fingerprint density at radius 2 is 1.80 bits per heavy atom. The van der Waals surface area contributed by atoms with Gasteiger partial charge in [-0.2, -0.15) is 0 Å². The predicted octanol–water partition coefficient (Wildman–Crippen LogP) is 3.24. The van der Waals surface area contributed by atoms with Crippen molar-refractivity contribution in [2.75, 3.05) is 6.61 Å². The summed E-state index contributed by atoms with van der Waals surface area (Å²) in [5.41, 5.74) is 1.35. The van der Waals surface area contributed by atoms with Crippen LogP contribution in [0, 0.1) is 5.82 Å². The van der Waals surface area contributed by atoms with Crippen molar-refractivity contribution in [1.29, 1.82) is 0 Å². The summed E-state index contributed by atoms with van der Waals surface area (Å²) >= 11 is 0. The number of ketones is 1. The Morgan fingerprint density at radius 3 is 2.40 bits per heavy atom. The highest BCUT2D eigenvalue weighted by Gasteiger charge is 2.12. The minimum atomic E-state index is -0.542. The molecule has 0 N–H and O–H groups in total. The first-order chi connectivity index (χ1) is 9.58. The second-order valence-electron chi connectivity index (χ2n) is 4.26. The molecule has 0 saturated carbocycles. The lowest BCUT2D eigenvalue weighted by Gasteiger charge is -2.06. The van der Waals surface area contributed by atoms with Gasteiger partial charge in [0.2, 0.25) is 0 Å². The minimum absolute atomic E-state index is 0.184. The van der Waals surface area contributed by atoms with Crippen LogP contribution in [0.4, 0.5) is 4.39 Å². The van der Waals surface area contributed by atoms with E-state index >= 15 is 0 Å². The molecule has 0 radical (unpaired) electrons. The largest absolute Gasteiger partial charge is 0.457 e. The maximum absolute atomic E-state index is 14.0. The Bertz CT molecular complexity index is 635. The molecule has 0 aromatic heterocycles. The fourth-order valence-electron chi connectivity index (χ4n) is 1.79. The highest BCUT2D eigenvalue weighted by molar-refractivity contribution is 5.98. The van der Waals surface area contributed by atoms with Gasteiger partial charge in [0.15, 0.2) is 12.4 Å². The Labute approximate surface area is 116 Å². The summed E-state index contributed by atoms with van der Waals surface area (Å²) in [6, 6.07) is 13.3. The predicted molar refractivity (Wildman–Crippen MR) is 72.8 cm³/mol. The van der Waals surface area contributed by atoms with Gasteiger partial charge < -0.3 is 4.74 Å². The monoisotopic (exact) mass is 272 g/mol. The van der Waals surface area contributed by atoms with Crippen LogP contribution in [-0.4, -0.2) is 18.4 Å². The molecule has 0 fully saturated rings.